The first-order valence-electron chi connectivity index (χ1n) is 3.02. The summed E-state index contributed by atoms with van der Waals surface area (Å²) in [5.74, 6) is 0.624. The molecule has 1 aliphatic heterocycles. The zero-order valence-corrected chi connectivity index (χ0v) is 5.39. The molecule has 0 aromatic rings. The third kappa shape index (κ3) is 2.28. The molecule has 1 saturated heterocycles. The van der Waals surface area contributed by atoms with Crippen molar-refractivity contribution >= 4 is 0 Å². The van der Waals surface area contributed by atoms with Crippen LogP contribution in [0.4, 0.5) is 0 Å². The molecule has 2 nitrogen and oxygen atoms in total. The minimum absolute atomic E-state index is 0.136. The molecule has 0 unspecified atom stereocenters. The van der Waals surface area contributed by atoms with E-state index in [2.05, 4.69) is 13.8 Å². The average molecular weight is 116 g/mol. The molecule has 48 valence electrons. The summed E-state index contributed by atoms with van der Waals surface area (Å²) in [7, 11) is 0. The Morgan fingerprint density at radius 1 is 1.75 bits per heavy atom. The van der Waals surface area contributed by atoms with Crippen LogP contribution in [0, 0.1) is 5.92 Å². The first-order valence-corrected chi connectivity index (χ1v) is 3.02. The molecule has 0 aromatic heterocycles. The quantitative estimate of drug-likeness (QED) is 0.513. The van der Waals surface area contributed by atoms with Gasteiger partial charge < -0.3 is 9.47 Å². The smallest absolute Gasteiger partial charge is 0.181 e. The molecule has 8 heavy (non-hydrogen) atoms. The highest BCUT2D eigenvalue weighted by Gasteiger charge is 2.22. The molecule has 1 rings (SSSR count). The minimum Gasteiger partial charge on any atom is -0.350 e. The van der Waals surface area contributed by atoms with Gasteiger partial charge in [-0.05, 0) is 5.92 Å². The molecular formula is C6H12O2. The van der Waals surface area contributed by atoms with Crippen molar-refractivity contribution in [3.8, 4) is 0 Å². The summed E-state index contributed by atoms with van der Waals surface area (Å²) in [5, 5.41) is 0. The number of ether oxygens (including phenoxy) is 2. The molecule has 1 heterocycles. The first-order chi connectivity index (χ1) is 3.79. The van der Waals surface area contributed by atoms with Gasteiger partial charge in [-0.25, -0.2) is 0 Å². The first kappa shape index (κ1) is 6.05. The van der Waals surface area contributed by atoms with Gasteiger partial charge in [0, 0.05) is 0 Å². The Hall–Kier alpha value is -0.0800. The molecule has 0 radical (unpaired) electrons. The molecule has 0 spiro atoms. The monoisotopic (exact) mass is 116 g/mol. The minimum atomic E-state index is 0.136. The Labute approximate surface area is 49.8 Å². The predicted molar refractivity (Wildman–Crippen MR) is 30.5 cm³/mol. The van der Waals surface area contributed by atoms with E-state index in [0.29, 0.717) is 5.92 Å². The molecule has 1 atom stereocenters. The van der Waals surface area contributed by atoms with Crippen molar-refractivity contribution in [1.82, 2.24) is 0 Å². The van der Waals surface area contributed by atoms with E-state index >= 15 is 0 Å². The van der Waals surface area contributed by atoms with Crippen LogP contribution in [0.1, 0.15) is 13.8 Å². The highest BCUT2D eigenvalue weighted by Crippen LogP contribution is 2.11. The lowest BCUT2D eigenvalue weighted by atomic mass is 10.2. The topological polar surface area (TPSA) is 21.8 Å². The third-order valence-corrected chi connectivity index (χ3v) is 0.918. The fourth-order valence-corrected chi connectivity index (χ4v) is 0.435. The molecule has 0 aromatic carbocycles. The summed E-state index contributed by atoms with van der Waals surface area (Å²) in [5.41, 5.74) is 0. The Morgan fingerprint density at radius 2 is 2.38 bits per heavy atom. The van der Waals surface area contributed by atoms with Gasteiger partial charge in [0.05, 0.1) is 6.61 Å². The van der Waals surface area contributed by atoms with Gasteiger partial charge in [0.25, 0.3) is 0 Å². The Morgan fingerprint density at radius 3 is 2.75 bits per heavy atom. The van der Waals surface area contributed by atoms with Gasteiger partial charge in [0.2, 0.25) is 0 Å². The molecule has 0 saturated carbocycles. The Bertz CT molecular complexity index is 64.9. The van der Waals surface area contributed by atoms with E-state index in [0.717, 1.165) is 13.2 Å². The molecular weight excluding hydrogens is 104 g/mol. The number of epoxide rings is 1. The second-order valence-electron chi connectivity index (χ2n) is 2.49. The van der Waals surface area contributed by atoms with Gasteiger partial charge in [0.15, 0.2) is 6.29 Å². The lowest BCUT2D eigenvalue weighted by Crippen LogP contribution is -2.03. The van der Waals surface area contributed by atoms with Crippen LogP contribution in [0.3, 0.4) is 0 Å². The van der Waals surface area contributed by atoms with E-state index in [9.17, 15) is 0 Å². The van der Waals surface area contributed by atoms with Crippen molar-refractivity contribution in [1.29, 1.82) is 0 Å². The maximum absolute atomic E-state index is 5.19. The fraction of sp³-hybridized carbons (Fsp3) is 1.00. The maximum Gasteiger partial charge on any atom is 0.181 e. The third-order valence-electron chi connectivity index (χ3n) is 0.918. The molecule has 1 aliphatic rings. The zero-order valence-electron chi connectivity index (χ0n) is 5.39. The highest BCUT2D eigenvalue weighted by molar-refractivity contribution is 4.55. The summed E-state index contributed by atoms with van der Waals surface area (Å²) in [6, 6.07) is 0. The van der Waals surface area contributed by atoms with Crippen LogP contribution >= 0.6 is 0 Å². The van der Waals surface area contributed by atoms with Crippen molar-refractivity contribution in [3.05, 3.63) is 0 Å². The van der Waals surface area contributed by atoms with Crippen molar-refractivity contribution in [2.45, 2.75) is 20.1 Å². The van der Waals surface area contributed by atoms with Gasteiger partial charge in [-0.15, -0.1) is 0 Å². The van der Waals surface area contributed by atoms with Gasteiger partial charge in [-0.2, -0.15) is 0 Å². The molecule has 1 fully saturated rings. The van der Waals surface area contributed by atoms with Crippen LogP contribution in [0.5, 0.6) is 0 Å². The van der Waals surface area contributed by atoms with Crippen LogP contribution in [-0.2, 0) is 9.47 Å². The van der Waals surface area contributed by atoms with Crippen molar-refractivity contribution < 1.29 is 9.47 Å². The van der Waals surface area contributed by atoms with E-state index in [4.69, 9.17) is 9.47 Å². The SMILES string of the molecule is CC(C)CO[C@@H]1CO1. The Balaban J connectivity index is 1.87. The van der Waals surface area contributed by atoms with E-state index in [-0.39, 0.29) is 6.29 Å². The fourth-order valence-electron chi connectivity index (χ4n) is 0.435. The average Bonchev–Trinajstić information content (AvgIpc) is 2.41. The standard InChI is InChI=1S/C6H12O2/c1-5(2)3-7-6-4-8-6/h5-6H,3-4H2,1-2H3/t6-/m0/s1. The van der Waals surface area contributed by atoms with Crippen molar-refractivity contribution in [3.63, 3.8) is 0 Å². The molecule has 2 heteroatoms. The van der Waals surface area contributed by atoms with Crippen molar-refractivity contribution in [2.24, 2.45) is 5.92 Å². The summed E-state index contributed by atoms with van der Waals surface area (Å²) in [4.78, 5) is 0. The van der Waals surface area contributed by atoms with Gasteiger partial charge in [-0.3, -0.25) is 0 Å². The largest absolute Gasteiger partial charge is 0.350 e. The normalized spacial score (nSPS) is 26.6. The molecule has 0 aliphatic carbocycles. The summed E-state index contributed by atoms with van der Waals surface area (Å²) in [6.07, 6.45) is 0.136. The van der Waals surface area contributed by atoms with E-state index < -0.39 is 0 Å². The summed E-state index contributed by atoms with van der Waals surface area (Å²) in [6.45, 7) is 5.88. The molecule has 0 N–H and O–H groups in total. The van der Waals surface area contributed by atoms with E-state index in [1.165, 1.54) is 0 Å². The lowest BCUT2D eigenvalue weighted by molar-refractivity contribution is 0.0343. The zero-order chi connectivity index (χ0) is 5.98. The summed E-state index contributed by atoms with van der Waals surface area (Å²) >= 11 is 0. The lowest BCUT2D eigenvalue weighted by Gasteiger charge is -2.01. The maximum atomic E-state index is 5.19. The second kappa shape index (κ2) is 2.46. The molecule has 0 bridgehead atoms. The number of hydrogen-bond acceptors (Lipinski definition) is 2. The molecule has 0 amide bonds. The van der Waals surface area contributed by atoms with E-state index in [1.54, 1.807) is 0 Å². The van der Waals surface area contributed by atoms with Crippen LogP contribution in [0.15, 0.2) is 0 Å². The van der Waals surface area contributed by atoms with Crippen molar-refractivity contribution in [2.75, 3.05) is 13.2 Å². The van der Waals surface area contributed by atoms with Crippen LogP contribution in [-0.4, -0.2) is 19.5 Å². The summed E-state index contributed by atoms with van der Waals surface area (Å²) < 4.78 is 10.0. The van der Waals surface area contributed by atoms with E-state index in [1.807, 2.05) is 0 Å². The van der Waals surface area contributed by atoms with Crippen LogP contribution in [0.25, 0.3) is 0 Å². The number of rotatable bonds is 3. The highest BCUT2D eigenvalue weighted by atomic mass is 16.8. The van der Waals surface area contributed by atoms with Gasteiger partial charge >= 0.3 is 0 Å². The second-order valence-corrected chi connectivity index (χ2v) is 2.49. The van der Waals surface area contributed by atoms with Gasteiger partial charge in [0.1, 0.15) is 6.61 Å². The van der Waals surface area contributed by atoms with Crippen LogP contribution < -0.4 is 0 Å². The predicted octanol–water partition coefficient (Wildman–Crippen LogP) is 1.02. The Kier molecular flexibility index (Phi) is 1.86. The van der Waals surface area contributed by atoms with Crippen LogP contribution in [0.2, 0.25) is 0 Å². The van der Waals surface area contributed by atoms with Gasteiger partial charge in [-0.1, -0.05) is 13.8 Å². The number of hydrogen-bond donors (Lipinski definition) is 0.